The number of hydrogen-bond acceptors (Lipinski definition) is 3. The van der Waals surface area contributed by atoms with E-state index in [1.807, 2.05) is 26.1 Å². The first-order valence-electron chi connectivity index (χ1n) is 6.78. The Labute approximate surface area is 119 Å². The Kier molecular flexibility index (Phi) is 4.35. The first-order chi connectivity index (χ1) is 9.53. The third-order valence-electron chi connectivity index (χ3n) is 3.44. The van der Waals surface area contributed by atoms with Gasteiger partial charge in [-0.15, -0.1) is 0 Å². The predicted octanol–water partition coefficient (Wildman–Crippen LogP) is 2.10. The summed E-state index contributed by atoms with van der Waals surface area (Å²) in [6.07, 6.45) is 3.66. The van der Waals surface area contributed by atoms with Gasteiger partial charge in [0.05, 0.1) is 5.41 Å². The standard InChI is InChI=1S/C16H21N3O/c1-16(2,15(20)17-3)11-19-9-12-4-5-14-10-18-7-6-13(14)8-12/h4-8,10,19H,9,11H2,1-3H3,(H,17,20). The van der Waals surface area contributed by atoms with Crippen LogP contribution in [-0.2, 0) is 11.3 Å². The summed E-state index contributed by atoms with van der Waals surface area (Å²) in [5.41, 5.74) is 0.798. The Bertz CT molecular complexity index is 607. The molecule has 4 nitrogen and oxygen atoms in total. The number of carbonyl (C=O) groups is 1. The molecule has 0 radical (unpaired) electrons. The van der Waals surface area contributed by atoms with Crippen molar-refractivity contribution in [1.29, 1.82) is 0 Å². The summed E-state index contributed by atoms with van der Waals surface area (Å²) in [5.74, 6) is 0.0505. The van der Waals surface area contributed by atoms with Gasteiger partial charge in [0, 0.05) is 37.9 Å². The third-order valence-corrected chi connectivity index (χ3v) is 3.44. The van der Waals surface area contributed by atoms with Crippen LogP contribution in [-0.4, -0.2) is 24.5 Å². The second-order valence-electron chi connectivity index (χ2n) is 5.62. The maximum absolute atomic E-state index is 11.7. The van der Waals surface area contributed by atoms with E-state index in [-0.39, 0.29) is 5.91 Å². The van der Waals surface area contributed by atoms with Gasteiger partial charge >= 0.3 is 0 Å². The van der Waals surface area contributed by atoms with E-state index in [1.165, 1.54) is 10.9 Å². The van der Waals surface area contributed by atoms with Crippen molar-refractivity contribution >= 4 is 16.7 Å². The molecule has 2 aromatic rings. The SMILES string of the molecule is CNC(=O)C(C)(C)CNCc1ccc2cnccc2c1. The zero-order chi connectivity index (χ0) is 14.6. The lowest BCUT2D eigenvalue weighted by Gasteiger charge is -2.23. The predicted molar refractivity (Wildman–Crippen MR) is 81.3 cm³/mol. The van der Waals surface area contributed by atoms with E-state index in [9.17, 15) is 4.79 Å². The average Bonchev–Trinajstić information content (AvgIpc) is 2.46. The molecule has 0 saturated heterocycles. The topological polar surface area (TPSA) is 54.0 Å². The fourth-order valence-corrected chi connectivity index (χ4v) is 2.18. The highest BCUT2D eigenvalue weighted by Crippen LogP contribution is 2.16. The number of nitrogens with one attached hydrogen (secondary N) is 2. The third kappa shape index (κ3) is 3.33. The molecule has 0 aliphatic carbocycles. The minimum Gasteiger partial charge on any atom is -0.359 e. The molecule has 2 N–H and O–H groups in total. The number of benzene rings is 1. The van der Waals surface area contributed by atoms with Gasteiger partial charge in [0.15, 0.2) is 0 Å². The van der Waals surface area contributed by atoms with Crippen molar-refractivity contribution in [3.05, 3.63) is 42.2 Å². The summed E-state index contributed by atoms with van der Waals surface area (Å²) >= 11 is 0. The number of pyridine rings is 1. The molecule has 1 heterocycles. The largest absolute Gasteiger partial charge is 0.359 e. The molecule has 0 saturated carbocycles. The molecular formula is C16H21N3O. The molecule has 20 heavy (non-hydrogen) atoms. The Morgan fingerprint density at radius 2 is 2.05 bits per heavy atom. The molecule has 4 heteroatoms. The molecule has 1 aromatic carbocycles. The smallest absolute Gasteiger partial charge is 0.226 e. The Morgan fingerprint density at radius 3 is 2.80 bits per heavy atom. The molecule has 0 aliphatic heterocycles. The molecule has 0 spiro atoms. The van der Waals surface area contributed by atoms with E-state index in [4.69, 9.17) is 0 Å². The Morgan fingerprint density at radius 1 is 1.25 bits per heavy atom. The molecule has 2 rings (SSSR count). The zero-order valence-electron chi connectivity index (χ0n) is 12.2. The number of fused-ring (bicyclic) bond motifs is 1. The maximum Gasteiger partial charge on any atom is 0.226 e. The minimum absolute atomic E-state index is 0.0505. The van der Waals surface area contributed by atoms with Crippen LogP contribution in [0.2, 0.25) is 0 Å². The summed E-state index contributed by atoms with van der Waals surface area (Å²) < 4.78 is 0. The highest BCUT2D eigenvalue weighted by atomic mass is 16.2. The lowest BCUT2D eigenvalue weighted by atomic mass is 9.92. The average molecular weight is 271 g/mol. The number of rotatable bonds is 5. The van der Waals surface area contributed by atoms with Crippen LogP contribution < -0.4 is 10.6 Å². The molecular weight excluding hydrogens is 250 g/mol. The van der Waals surface area contributed by atoms with Gasteiger partial charge in [0.1, 0.15) is 0 Å². The van der Waals surface area contributed by atoms with Crippen molar-refractivity contribution in [2.24, 2.45) is 5.41 Å². The first-order valence-corrected chi connectivity index (χ1v) is 6.78. The minimum atomic E-state index is -0.407. The molecule has 1 aromatic heterocycles. The second-order valence-corrected chi connectivity index (χ2v) is 5.62. The van der Waals surface area contributed by atoms with Crippen molar-refractivity contribution in [1.82, 2.24) is 15.6 Å². The highest BCUT2D eigenvalue weighted by molar-refractivity contribution is 5.82. The number of amides is 1. The number of aromatic nitrogens is 1. The van der Waals surface area contributed by atoms with Crippen LogP contribution in [0.4, 0.5) is 0 Å². The fraction of sp³-hybridized carbons (Fsp3) is 0.375. The van der Waals surface area contributed by atoms with E-state index in [0.29, 0.717) is 6.54 Å². The maximum atomic E-state index is 11.7. The molecule has 106 valence electrons. The van der Waals surface area contributed by atoms with E-state index < -0.39 is 5.41 Å². The summed E-state index contributed by atoms with van der Waals surface area (Å²) in [6.45, 7) is 5.26. The molecule has 0 unspecified atom stereocenters. The number of carbonyl (C=O) groups excluding carboxylic acids is 1. The van der Waals surface area contributed by atoms with Crippen molar-refractivity contribution in [3.8, 4) is 0 Å². The van der Waals surface area contributed by atoms with Gasteiger partial charge in [-0.25, -0.2) is 0 Å². The Balaban J connectivity index is 1.98. The quantitative estimate of drug-likeness (QED) is 0.875. The van der Waals surface area contributed by atoms with Crippen molar-refractivity contribution in [3.63, 3.8) is 0 Å². The van der Waals surface area contributed by atoms with Gasteiger partial charge in [-0.2, -0.15) is 0 Å². The number of nitrogens with zero attached hydrogens (tertiary/aromatic N) is 1. The van der Waals surface area contributed by atoms with Crippen LogP contribution in [0.15, 0.2) is 36.7 Å². The van der Waals surface area contributed by atoms with Crippen LogP contribution in [0.25, 0.3) is 10.8 Å². The van der Waals surface area contributed by atoms with E-state index in [2.05, 4.69) is 33.8 Å². The zero-order valence-corrected chi connectivity index (χ0v) is 12.2. The van der Waals surface area contributed by atoms with Crippen LogP contribution >= 0.6 is 0 Å². The summed E-state index contributed by atoms with van der Waals surface area (Å²) in [7, 11) is 1.67. The van der Waals surface area contributed by atoms with Gasteiger partial charge in [0.25, 0.3) is 0 Å². The number of hydrogen-bond donors (Lipinski definition) is 2. The Hall–Kier alpha value is -1.94. The van der Waals surface area contributed by atoms with Gasteiger partial charge in [-0.1, -0.05) is 12.1 Å². The van der Waals surface area contributed by atoms with Crippen LogP contribution in [0.3, 0.4) is 0 Å². The van der Waals surface area contributed by atoms with Gasteiger partial charge in [-0.05, 0) is 36.9 Å². The van der Waals surface area contributed by atoms with E-state index >= 15 is 0 Å². The summed E-state index contributed by atoms with van der Waals surface area (Å²) in [5, 5.41) is 8.36. The lowest BCUT2D eigenvalue weighted by molar-refractivity contribution is -0.128. The van der Waals surface area contributed by atoms with Gasteiger partial charge in [-0.3, -0.25) is 9.78 Å². The van der Waals surface area contributed by atoms with Crippen LogP contribution in [0, 0.1) is 5.41 Å². The molecule has 0 fully saturated rings. The van der Waals surface area contributed by atoms with Gasteiger partial charge in [0.2, 0.25) is 5.91 Å². The van der Waals surface area contributed by atoms with Gasteiger partial charge < -0.3 is 10.6 Å². The summed E-state index contributed by atoms with van der Waals surface area (Å²) in [6, 6.07) is 8.32. The van der Waals surface area contributed by atoms with E-state index in [1.54, 1.807) is 13.2 Å². The molecule has 0 bridgehead atoms. The fourth-order valence-electron chi connectivity index (χ4n) is 2.18. The first kappa shape index (κ1) is 14.5. The highest BCUT2D eigenvalue weighted by Gasteiger charge is 2.25. The van der Waals surface area contributed by atoms with Crippen LogP contribution in [0.1, 0.15) is 19.4 Å². The molecule has 0 aliphatic rings. The van der Waals surface area contributed by atoms with Crippen molar-refractivity contribution in [2.45, 2.75) is 20.4 Å². The lowest BCUT2D eigenvalue weighted by Crippen LogP contribution is -2.41. The molecule has 0 atom stereocenters. The van der Waals surface area contributed by atoms with Crippen molar-refractivity contribution < 1.29 is 4.79 Å². The van der Waals surface area contributed by atoms with E-state index in [0.717, 1.165) is 11.9 Å². The summed E-state index contributed by atoms with van der Waals surface area (Å²) in [4.78, 5) is 15.8. The van der Waals surface area contributed by atoms with Crippen LogP contribution in [0.5, 0.6) is 0 Å². The monoisotopic (exact) mass is 271 g/mol. The van der Waals surface area contributed by atoms with Crippen molar-refractivity contribution in [2.75, 3.05) is 13.6 Å². The molecule has 1 amide bonds. The second kappa shape index (κ2) is 6.01. The normalized spacial score (nSPS) is 11.6.